The number of aliphatic hydroxyl groups excluding tert-OH is 1. The van der Waals surface area contributed by atoms with Crippen molar-refractivity contribution in [2.24, 2.45) is 0 Å². The van der Waals surface area contributed by atoms with Crippen LogP contribution in [-0.4, -0.2) is 14.9 Å². The number of aromatic nitrogens is 2. The highest BCUT2D eigenvalue weighted by molar-refractivity contribution is 5.07. The molecule has 3 nitrogen and oxygen atoms in total. The minimum absolute atomic E-state index is 0.352. The third kappa shape index (κ3) is 1.80. The van der Waals surface area contributed by atoms with Gasteiger partial charge >= 0.3 is 0 Å². The molecule has 1 heterocycles. The van der Waals surface area contributed by atoms with Gasteiger partial charge in [-0.1, -0.05) is 6.92 Å². The molecule has 0 fully saturated rings. The molecule has 0 aliphatic rings. The Hall–Kier alpha value is -0.830. The molecule has 0 aliphatic heterocycles. The molecule has 0 amide bonds. The third-order valence-electron chi connectivity index (χ3n) is 1.75. The van der Waals surface area contributed by atoms with Crippen LogP contribution in [0.4, 0.5) is 0 Å². The third-order valence-corrected chi connectivity index (χ3v) is 1.75. The number of rotatable bonds is 3. The summed E-state index contributed by atoms with van der Waals surface area (Å²) >= 11 is 0. The molecule has 1 atom stereocenters. The lowest BCUT2D eigenvalue weighted by molar-refractivity contribution is 0.173. The van der Waals surface area contributed by atoms with E-state index in [-0.39, 0.29) is 6.10 Å². The van der Waals surface area contributed by atoms with Crippen LogP contribution in [0.15, 0.2) is 12.4 Å². The lowest BCUT2D eigenvalue weighted by atomic mass is 10.2. The van der Waals surface area contributed by atoms with Crippen molar-refractivity contribution < 1.29 is 5.11 Å². The molecule has 62 valence electrons. The molecular formula is C8H14N2O. The van der Waals surface area contributed by atoms with Crippen molar-refractivity contribution in [3.63, 3.8) is 0 Å². The van der Waals surface area contributed by atoms with Gasteiger partial charge in [0.15, 0.2) is 0 Å². The van der Waals surface area contributed by atoms with Crippen molar-refractivity contribution in [3.05, 3.63) is 18.0 Å². The van der Waals surface area contributed by atoms with Gasteiger partial charge in [-0.2, -0.15) is 5.10 Å². The first kappa shape index (κ1) is 8.27. The topological polar surface area (TPSA) is 38.1 Å². The van der Waals surface area contributed by atoms with Gasteiger partial charge in [-0.3, -0.25) is 4.68 Å². The zero-order valence-corrected chi connectivity index (χ0v) is 6.99. The van der Waals surface area contributed by atoms with Gasteiger partial charge in [0.1, 0.15) is 0 Å². The maximum atomic E-state index is 9.38. The van der Waals surface area contributed by atoms with Crippen LogP contribution < -0.4 is 0 Å². The number of aryl methyl sites for hydroxylation is 1. The SMILES string of the molecule is CC[C@H](O)c1cnn(CC)c1. The van der Waals surface area contributed by atoms with Crippen molar-refractivity contribution in [2.75, 3.05) is 0 Å². The molecule has 0 aliphatic carbocycles. The molecule has 0 bridgehead atoms. The van der Waals surface area contributed by atoms with E-state index >= 15 is 0 Å². The smallest absolute Gasteiger partial charge is 0.0817 e. The Labute approximate surface area is 66.7 Å². The second kappa shape index (κ2) is 3.53. The van der Waals surface area contributed by atoms with E-state index in [1.165, 1.54) is 0 Å². The quantitative estimate of drug-likeness (QED) is 0.713. The molecule has 11 heavy (non-hydrogen) atoms. The maximum absolute atomic E-state index is 9.38. The zero-order valence-electron chi connectivity index (χ0n) is 6.99. The van der Waals surface area contributed by atoms with Crippen LogP contribution in [0.25, 0.3) is 0 Å². The second-order valence-corrected chi connectivity index (χ2v) is 2.55. The Bertz CT molecular complexity index is 220. The molecule has 1 rings (SSSR count). The number of hydrogen-bond donors (Lipinski definition) is 1. The van der Waals surface area contributed by atoms with E-state index in [2.05, 4.69) is 5.10 Å². The van der Waals surface area contributed by atoms with Gasteiger partial charge in [0.2, 0.25) is 0 Å². The average Bonchev–Trinajstić information content (AvgIpc) is 2.50. The highest BCUT2D eigenvalue weighted by Crippen LogP contribution is 2.14. The van der Waals surface area contributed by atoms with Crippen LogP contribution >= 0.6 is 0 Å². The summed E-state index contributed by atoms with van der Waals surface area (Å²) in [4.78, 5) is 0. The van der Waals surface area contributed by atoms with Crippen LogP contribution in [0.3, 0.4) is 0 Å². The molecule has 1 aromatic heterocycles. The standard InChI is InChI=1S/C8H14N2O/c1-3-8(11)7-5-9-10(4-2)6-7/h5-6,8,11H,3-4H2,1-2H3/t8-/m0/s1. The van der Waals surface area contributed by atoms with E-state index in [0.29, 0.717) is 0 Å². The van der Waals surface area contributed by atoms with E-state index in [1.54, 1.807) is 6.20 Å². The maximum Gasteiger partial charge on any atom is 0.0817 e. The Morgan fingerprint density at radius 2 is 2.36 bits per heavy atom. The molecule has 1 aromatic rings. The Morgan fingerprint density at radius 3 is 2.82 bits per heavy atom. The highest BCUT2D eigenvalue weighted by atomic mass is 16.3. The first-order valence-corrected chi connectivity index (χ1v) is 3.98. The Morgan fingerprint density at radius 1 is 1.64 bits per heavy atom. The predicted molar refractivity (Wildman–Crippen MR) is 43.2 cm³/mol. The highest BCUT2D eigenvalue weighted by Gasteiger charge is 2.05. The van der Waals surface area contributed by atoms with Gasteiger partial charge in [0.25, 0.3) is 0 Å². The van der Waals surface area contributed by atoms with E-state index < -0.39 is 0 Å². The van der Waals surface area contributed by atoms with Crippen molar-refractivity contribution in [3.8, 4) is 0 Å². The van der Waals surface area contributed by atoms with Crippen LogP contribution in [0.1, 0.15) is 31.9 Å². The van der Waals surface area contributed by atoms with Crippen LogP contribution in [0.2, 0.25) is 0 Å². The minimum Gasteiger partial charge on any atom is -0.388 e. The van der Waals surface area contributed by atoms with E-state index in [4.69, 9.17) is 0 Å². The summed E-state index contributed by atoms with van der Waals surface area (Å²) in [6, 6.07) is 0. The van der Waals surface area contributed by atoms with Gasteiger partial charge in [0.05, 0.1) is 12.3 Å². The summed E-state index contributed by atoms with van der Waals surface area (Å²) in [5.74, 6) is 0. The second-order valence-electron chi connectivity index (χ2n) is 2.55. The molecule has 0 unspecified atom stereocenters. The average molecular weight is 154 g/mol. The van der Waals surface area contributed by atoms with Gasteiger partial charge < -0.3 is 5.11 Å². The molecule has 3 heteroatoms. The van der Waals surface area contributed by atoms with Gasteiger partial charge in [-0.15, -0.1) is 0 Å². The van der Waals surface area contributed by atoms with Crippen molar-refractivity contribution in [1.29, 1.82) is 0 Å². The fraction of sp³-hybridized carbons (Fsp3) is 0.625. The molecule has 1 N–H and O–H groups in total. The Balaban J connectivity index is 2.71. The first-order chi connectivity index (χ1) is 5.27. The van der Waals surface area contributed by atoms with Crippen molar-refractivity contribution >= 4 is 0 Å². The summed E-state index contributed by atoms with van der Waals surface area (Å²) in [5, 5.41) is 13.4. The van der Waals surface area contributed by atoms with Crippen LogP contribution in [-0.2, 0) is 6.54 Å². The lowest BCUT2D eigenvalue weighted by Gasteiger charge is -2.01. The largest absolute Gasteiger partial charge is 0.388 e. The van der Waals surface area contributed by atoms with Crippen molar-refractivity contribution in [2.45, 2.75) is 32.9 Å². The molecule has 0 spiro atoms. The first-order valence-electron chi connectivity index (χ1n) is 3.98. The summed E-state index contributed by atoms with van der Waals surface area (Å²) in [6.07, 6.45) is 4.00. The van der Waals surface area contributed by atoms with Crippen LogP contribution in [0, 0.1) is 0 Å². The van der Waals surface area contributed by atoms with Crippen LogP contribution in [0.5, 0.6) is 0 Å². The van der Waals surface area contributed by atoms with E-state index in [9.17, 15) is 5.11 Å². The van der Waals surface area contributed by atoms with Gasteiger partial charge in [-0.05, 0) is 13.3 Å². The van der Waals surface area contributed by atoms with E-state index in [1.807, 2.05) is 24.7 Å². The molecule has 0 aromatic carbocycles. The molecule has 0 radical (unpaired) electrons. The zero-order chi connectivity index (χ0) is 8.27. The fourth-order valence-corrected chi connectivity index (χ4v) is 0.960. The number of nitrogens with zero attached hydrogens (tertiary/aromatic N) is 2. The van der Waals surface area contributed by atoms with E-state index in [0.717, 1.165) is 18.5 Å². The monoisotopic (exact) mass is 154 g/mol. The van der Waals surface area contributed by atoms with Gasteiger partial charge in [-0.25, -0.2) is 0 Å². The molecule has 0 saturated heterocycles. The predicted octanol–water partition coefficient (Wildman–Crippen LogP) is 1.35. The lowest BCUT2D eigenvalue weighted by Crippen LogP contribution is -1.94. The summed E-state index contributed by atoms with van der Waals surface area (Å²) in [6.45, 7) is 4.83. The van der Waals surface area contributed by atoms with Gasteiger partial charge in [0, 0.05) is 18.3 Å². The summed E-state index contributed by atoms with van der Waals surface area (Å²) in [7, 11) is 0. The minimum atomic E-state index is -0.352. The normalized spacial score (nSPS) is 13.4. The summed E-state index contributed by atoms with van der Waals surface area (Å²) < 4.78 is 1.81. The van der Waals surface area contributed by atoms with Crippen molar-refractivity contribution in [1.82, 2.24) is 9.78 Å². The molecular weight excluding hydrogens is 140 g/mol. The number of aliphatic hydroxyl groups is 1. The number of hydrogen-bond acceptors (Lipinski definition) is 2. The molecule has 0 saturated carbocycles. The summed E-state index contributed by atoms with van der Waals surface area (Å²) in [5.41, 5.74) is 0.911. The Kier molecular flexibility index (Phi) is 2.65. The fourth-order valence-electron chi connectivity index (χ4n) is 0.960.